The van der Waals surface area contributed by atoms with Crippen LogP contribution in [0.5, 0.6) is 0 Å². The quantitative estimate of drug-likeness (QED) is 0.724. The molecule has 1 fully saturated rings. The maximum absolute atomic E-state index is 10.9. The Labute approximate surface area is 89.4 Å². The second-order valence-corrected chi connectivity index (χ2v) is 3.53. The molecular formula is C10H16N2OS. The molecule has 0 saturated carbocycles. The molecule has 1 aliphatic rings. The van der Waals surface area contributed by atoms with Crippen LogP contribution >= 0.6 is 11.8 Å². The van der Waals surface area contributed by atoms with Gasteiger partial charge < -0.3 is 5.32 Å². The van der Waals surface area contributed by atoms with Crippen molar-refractivity contribution in [2.24, 2.45) is 4.99 Å². The summed E-state index contributed by atoms with van der Waals surface area (Å²) in [6.07, 6.45) is 0. The lowest BCUT2D eigenvalue weighted by Gasteiger charge is -2.15. The molecule has 78 valence electrons. The molecule has 0 aliphatic carbocycles. The molecular weight excluding hydrogens is 196 g/mol. The number of hydrogen-bond acceptors (Lipinski definition) is 3. The normalized spacial score (nSPS) is 18.4. The zero-order valence-electron chi connectivity index (χ0n) is 8.89. The number of aliphatic imine (C=N–C) groups is 1. The molecule has 0 aromatic carbocycles. The highest BCUT2D eigenvalue weighted by molar-refractivity contribution is 8.04. The molecule has 1 N–H and O–H groups in total. The lowest BCUT2D eigenvalue weighted by atomic mass is 10.5. The molecule has 1 rings (SSSR count). The maximum atomic E-state index is 10.9. The van der Waals surface area contributed by atoms with Gasteiger partial charge in [-0.25, -0.2) is 4.99 Å². The zero-order chi connectivity index (χ0) is 11.1. The van der Waals surface area contributed by atoms with E-state index in [-0.39, 0.29) is 5.91 Å². The van der Waals surface area contributed by atoms with Gasteiger partial charge >= 0.3 is 0 Å². The summed E-state index contributed by atoms with van der Waals surface area (Å²) in [6, 6.07) is 0. The van der Waals surface area contributed by atoms with Crippen molar-refractivity contribution in [1.82, 2.24) is 5.32 Å². The topological polar surface area (TPSA) is 41.5 Å². The third kappa shape index (κ3) is 4.28. The van der Waals surface area contributed by atoms with E-state index in [1.807, 2.05) is 13.8 Å². The first kappa shape index (κ1) is 13.0. The lowest BCUT2D eigenvalue weighted by molar-refractivity contribution is -0.117. The van der Waals surface area contributed by atoms with Crippen molar-refractivity contribution in [3.8, 4) is 0 Å². The number of thioether (sulfide) groups is 1. The summed E-state index contributed by atoms with van der Waals surface area (Å²) in [5.74, 6) is 0.921. The molecule has 3 nitrogen and oxygen atoms in total. The van der Waals surface area contributed by atoms with Gasteiger partial charge in [0.05, 0.1) is 5.75 Å². The van der Waals surface area contributed by atoms with Crippen LogP contribution < -0.4 is 5.32 Å². The van der Waals surface area contributed by atoms with Gasteiger partial charge in [0.1, 0.15) is 5.84 Å². The number of amides is 1. The average molecular weight is 212 g/mol. The van der Waals surface area contributed by atoms with E-state index in [2.05, 4.69) is 23.5 Å². The number of carbonyl (C=O) groups excluding carboxylic acids is 1. The molecule has 0 unspecified atom stereocenters. The van der Waals surface area contributed by atoms with Crippen molar-refractivity contribution in [2.75, 3.05) is 5.75 Å². The van der Waals surface area contributed by atoms with Crippen LogP contribution in [0.4, 0.5) is 0 Å². The van der Waals surface area contributed by atoms with Crippen LogP contribution in [0.2, 0.25) is 0 Å². The molecule has 0 atom stereocenters. The first-order valence-electron chi connectivity index (χ1n) is 4.45. The van der Waals surface area contributed by atoms with Crippen molar-refractivity contribution >= 4 is 23.5 Å². The van der Waals surface area contributed by atoms with Gasteiger partial charge in [-0.1, -0.05) is 27.0 Å². The smallest absolute Gasteiger partial charge is 0.235 e. The van der Waals surface area contributed by atoms with Gasteiger partial charge in [-0.15, -0.1) is 11.8 Å². The number of nitrogens with zero attached hydrogens (tertiary/aromatic N) is 1. The second-order valence-electron chi connectivity index (χ2n) is 2.46. The zero-order valence-corrected chi connectivity index (χ0v) is 9.70. The number of hydrogen-bond donors (Lipinski definition) is 1. The van der Waals surface area contributed by atoms with Crippen molar-refractivity contribution in [3.63, 3.8) is 0 Å². The van der Waals surface area contributed by atoms with Gasteiger partial charge in [0, 0.05) is 10.6 Å². The fraction of sp³-hybridized carbons (Fsp3) is 0.400. The van der Waals surface area contributed by atoms with E-state index in [1.54, 1.807) is 6.92 Å². The number of allylic oxidation sites excluding steroid dienone is 1. The van der Waals surface area contributed by atoms with E-state index in [0.29, 0.717) is 17.3 Å². The highest BCUT2D eigenvalue weighted by atomic mass is 32.2. The maximum Gasteiger partial charge on any atom is 0.235 e. The summed E-state index contributed by atoms with van der Waals surface area (Å²) in [4.78, 5) is 15.7. The van der Waals surface area contributed by atoms with Crippen molar-refractivity contribution in [1.29, 1.82) is 0 Å². The van der Waals surface area contributed by atoms with Crippen LogP contribution in [-0.4, -0.2) is 17.5 Å². The molecule has 0 aromatic heterocycles. The minimum absolute atomic E-state index is 0.0348. The fourth-order valence-electron chi connectivity index (χ4n) is 0.740. The Kier molecular flexibility index (Phi) is 5.95. The molecule has 4 heteroatoms. The van der Waals surface area contributed by atoms with E-state index < -0.39 is 0 Å². The highest BCUT2D eigenvalue weighted by Gasteiger charge is 2.16. The van der Waals surface area contributed by atoms with Crippen LogP contribution in [0.15, 0.2) is 28.8 Å². The Morgan fingerprint density at radius 3 is 2.64 bits per heavy atom. The SMILES string of the molecule is C=C(C)N=C1NC(=O)CSC1=C.CC. The number of carbonyl (C=O) groups is 1. The molecule has 0 radical (unpaired) electrons. The largest absolute Gasteiger partial charge is 0.309 e. The van der Waals surface area contributed by atoms with Crippen LogP contribution in [0, 0.1) is 0 Å². The van der Waals surface area contributed by atoms with E-state index in [9.17, 15) is 4.79 Å². The molecule has 1 aliphatic heterocycles. The van der Waals surface area contributed by atoms with Crippen molar-refractivity contribution in [2.45, 2.75) is 20.8 Å². The third-order valence-electron chi connectivity index (χ3n) is 1.20. The molecule has 1 saturated heterocycles. The van der Waals surface area contributed by atoms with Crippen LogP contribution in [0.25, 0.3) is 0 Å². The summed E-state index contributed by atoms with van der Waals surface area (Å²) in [7, 11) is 0. The molecule has 0 aromatic rings. The first-order chi connectivity index (χ1) is 6.59. The Balaban J connectivity index is 0.000000791. The Bertz CT molecular complexity index is 282. The van der Waals surface area contributed by atoms with E-state index >= 15 is 0 Å². The van der Waals surface area contributed by atoms with Crippen LogP contribution in [-0.2, 0) is 4.79 Å². The molecule has 0 bridgehead atoms. The first-order valence-corrected chi connectivity index (χ1v) is 5.44. The monoisotopic (exact) mass is 212 g/mol. The summed E-state index contributed by atoms with van der Waals surface area (Å²) in [5, 5.41) is 2.63. The molecule has 14 heavy (non-hydrogen) atoms. The van der Waals surface area contributed by atoms with Gasteiger partial charge in [0.25, 0.3) is 0 Å². The summed E-state index contributed by atoms with van der Waals surface area (Å²) >= 11 is 1.40. The minimum Gasteiger partial charge on any atom is -0.309 e. The number of amidine groups is 1. The summed E-state index contributed by atoms with van der Waals surface area (Å²) in [6.45, 7) is 13.1. The molecule has 1 amide bonds. The van der Waals surface area contributed by atoms with Crippen molar-refractivity contribution in [3.05, 3.63) is 23.8 Å². The Hall–Kier alpha value is -1.03. The third-order valence-corrected chi connectivity index (χ3v) is 2.15. The summed E-state index contributed by atoms with van der Waals surface area (Å²) < 4.78 is 0. The van der Waals surface area contributed by atoms with Crippen LogP contribution in [0.3, 0.4) is 0 Å². The Morgan fingerprint density at radius 1 is 1.57 bits per heavy atom. The van der Waals surface area contributed by atoms with Gasteiger partial charge in [-0.3, -0.25) is 4.79 Å². The average Bonchev–Trinajstić information content (AvgIpc) is 2.14. The standard InChI is InChI=1S/C8H10N2OS.C2H6/c1-5(2)9-8-6(3)12-4-7(11)10-8;1-2/h1,3-4H2,2H3,(H,9,10,11);1-2H3. The Morgan fingerprint density at radius 2 is 2.14 bits per heavy atom. The second kappa shape index (κ2) is 6.43. The predicted octanol–water partition coefficient (Wildman–Crippen LogP) is 2.32. The molecule has 0 spiro atoms. The van der Waals surface area contributed by atoms with E-state index in [1.165, 1.54) is 11.8 Å². The lowest BCUT2D eigenvalue weighted by Crippen LogP contribution is -2.36. The predicted molar refractivity (Wildman–Crippen MR) is 63.3 cm³/mol. The van der Waals surface area contributed by atoms with Gasteiger partial charge in [-0.2, -0.15) is 0 Å². The van der Waals surface area contributed by atoms with E-state index in [4.69, 9.17) is 0 Å². The van der Waals surface area contributed by atoms with Gasteiger partial charge in [0.2, 0.25) is 5.91 Å². The van der Waals surface area contributed by atoms with Crippen LogP contribution in [0.1, 0.15) is 20.8 Å². The fourth-order valence-corrected chi connectivity index (χ4v) is 1.35. The highest BCUT2D eigenvalue weighted by Crippen LogP contribution is 2.18. The van der Waals surface area contributed by atoms with Crippen molar-refractivity contribution < 1.29 is 4.79 Å². The number of nitrogens with one attached hydrogen (secondary N) is 1. The van der Waals surface area contributed by atoms with Gasteiger partial charge in [-0.05, 0) is 6.92 Å². The number of rotatable bonds is 1. The van der Waals surface area contributed by atoms with E-state index in [0.717, 1.165) is 4.91 Å². The van der Waals surface area contributed by atoms with Gasteiger partial charge in [0.15, 0.2) is 0 Å². The molecule has 1 heterocycles. The summed E-state index contributed by atoms with van der Waals surface area (Å²) in [5.41, 5.74) is 0.661. The minimum atomic E-state index is -0.0348.